The third-order valence-corrected chi connectivity index (χ3v) is 2.45. The van der Waals surface area contributed by atoms with Crippen molar-refractivity contribution in [1.29, 1.82) is 0 Å². The highest BCUT2D eigenvalue weighted by molar-refractivity contribution is 5.90. The molecule has 1 aliphatic rings. The number of carbonyl (C=O) groups excluding carboxylic acids is 2. The van der Waals surface area contributed by atoms with E-state index in [4.69, 9.17) is 5.11 Å². The Kier molecular flexibility index (Phi) is 5.10. The monoisotopic (exact) mass is 214 g/mol. The predicted octanol–water partition coefficient (Wildman–Crippen LogP) is -0.456. The zero-order valence-electron chi connectivity index (χ0n) is 8.79. The quantitative estimate of drug-likeness (QED) is 0.524. The maximum atomic E-state index is 11.4. The summed E-state index contributed by atoms with van der Waals surface area (Å²) >= 11 is 0. The first-order valence-electron chi connectivity index (χ1n) is 5.42. The van der Waals surface area contributed by atoms with Crippen LogP contribution in [0.5, 0.6) is 0 Å². The maximum absolute atomic E-state index is 11.4. The Labute approximate surface area is 89.2 Å². The minimum absolute atomic E-state index is 0.0459. The number of aliphatic hydroxyl groups excluding tert-OH is 1. The van der Waals surface area contributed by atoms with Crippen LogP contribution in [-0.2, 0) is 9.59 Å². The Balaban J connectivity index is 2.06. The molecular weight excluding hydrogens is 196 g/mol. The molecule has 1 rings (SSSR count). The highest BCUT2D eigenvalue weighted by atomic mass is 16.3. The summed E-state index contributed by atoms with van der Waals surface area (Å²) in [4.78, 5) is 22.3. The third kappa shape index (κ3) is 4.29. The number of hydrogen-bond acceptors (Lipinski definition) is 3. The zero-order valence-corrected chi connectivity index (χ0v) is 8.79. The Morgan fingerprint density at radius 2 is 2.27 bits per heavy atom. The molecule has 0 aromatic carbocycles. The van der Waals surface area contributed by atoms with Crippen molar-refractivity contribution < 1.29 is 14.7 Å². The minimum Gasteiger partial charge on any atom is -0.396 e. The molecule has 2 amide bonds. The molecule has 5 nitrogen and oxygen atoms in total. The minimum atomic E-state index is -0.338. The first kappa shape index (κ1) is 12.0. The van der Waals surface area contributed by atoms with Crippen LogP contribution in [0.4, 0.5) is 0 Å². The molecular formula is C10H18N2O3. The van der Waals surface area contributed by atoms with Crippen molar-refractivity contribution in [1.82, 2.24) is 10.6 Å². The van der Waals surface area contributed by atoms with E-state index in [1.165, 1.54) is 0 Å². The van der Waals surface area contributed by atoms with Gasteiger partial charge in [-0.05, 0) is 25.7 Å². The standard InChI is InChI=1S/C10H18N2O3/c13-7-3-1-2-6-11-10(15)8-4-5-9(14)12-8/h8,13H,1-7H2,(H,11,15)(H,12,14)/t8-/m1/s1. The van der Waals surface area contributed by atoms with E-state index in [0.717, 1.165) is 19.3 Å². The van der Waals surface area contributed by atoms with Gasteiger partial charge in [0, 0.05) is 19.6 Å². The van der Waals surface area contributed by atoms with Gasteiger partial charge in [-0.2, -0.15) is 0 Å². The van der Waals surface area contributed by atoms with Crippen LogP contribution in [0.3, 0.4) is 0 Å². The van der Waals surface area contributed by atoms with Crippen LogP contribution in [0.2, 0.25) is 0 Å². The van der Waals surface area contributed by atoms with Gasteiger partial charge in [-0.25, -0.2) is 0 Å². The summed E-state index contributed by atoms with van der Waals surface area (Å²) in [5, 5.41) is 13.9. The van der Waals surface area contributed by atoms with E-state index in [1.807, 2.05) is 0 Å². The third-order valence-electron chi connectivity index (χ3n) is 2.45. The van der Waals surface area contributed by atoms with E-state index in [0.29, 0.717) is 19.4 Å². The number of unbranched alkanes of at least 4 members (excludes halogenated alkanes) is 2. The number of nitrogens with one attached hydrogen (secondary N) is 2. The second-order valence-electron chi connectivity index (χ2n) is 3.73. The molecule has 0 bridgehead atoms. The summed E-state index contributed by atoms with van der Waals surface area (Å²) in [6.07, 6.45) is 3.60. The lowest BCUT2D eigenvalue weighted by Gasteiger charge is -2.10. The van der Waals surface area contributed by atoms with Crippen molar-refractivity contribution in [3.8, 4) is 0 Å². The SMILES string of the molecule is O=C1CC[C@H](C(=O)NCCCCCO)N1. The Morgan fingerprint density at radius 1 is 1.47 bits per heavy atom. The highest BCUT2D eigenvalue weighted by Crippen LogP contribution is 2.06. The summed E-state index contributed by atoms with van der Waals surface area (Å²) < 4.78 is 0. The largest absolute Gasteiger partial charge is 0.396 e. The molecule has 1 fully saturated rings. The molecule has 0 aromatic rings. The fraction of sp³-hybridized carbons (Fsp3) is 0.800. The number of carbonyl (C=O) groups is 2. The Bertz CT molecular complexity index is 231. The summed E-state index contributed by atoms with van der Waals surface area (Å²) in [7, 11) is 0. The van der Waals surface area contributed by atoms with E-state index in [9.17, 15) is 9.59 Å². The van der Waals surface area contributed by atoms with Gasteiger partial charge in [0.15, 0.2) is 0 Å². The molecule has 1 heterocycles. The van der Waals surface area contributed by atoms with E-state index < -0.39 is 0 Å². The van der Waals surface area contributed by atoms with E-state index in [1.54, 1.807) is 0 Å². The number of hydrogen-bond donors (Lipinski definition) is 3. The molecule has 0 aliphatic carbocycles. The molecule has 0 aromatic heterocycles. The average molecular weight is 214 g/mol. The Hall–Kier alpha value is -1.10. The van der Waals surface area contributed by atoms with Crippen molar-refractivity contribution in [3.63, 3.8) is 0 Å². The lowest BCUT2D eigenvalue weighted by molar-refractivity contribution is -0.125. The normalized spacial score (nSPS) is 20.1. The molecule has 0 saturated carbocycles. The van der Waals surface area contributed by atoms with Gasteiger partial charge in [0.05, 0.1) is 0 Å². The fourth-order valence-corrected chi connectivity index (χ4v) is 1.56. The predicted molar refractivity (Wildman–Crippen MR) is 55.1 cm³/mol. The van der Waals surface area contributed by atoms with Crippen molar-refractivity contribution in [2.75, 3.05) is 13.2 Å². The maximum Gasteiger partial charge on any atom is 0.242 e. The van der Waals surface area contributed by atoms with Gasteiger partial charge in [0.1, 0.15) is 6.04 Å². The van der Waals surface area contributed by atoms with Gasteiger partial charge in [0.2, 0.25) is 11.8 Å². The molecule has 5 heteroatoms. The van der Waals surface area contributed by atoms with Gasteiger partial charge in [0.25, 0.3) is 0 Å². The van der Waals surface area contributed by atoms with Gasteiger partial charge < -0.3 is 15.7 Å². The molecule has 86 valence electrons. The molecule has 1 atom stereocenters. The summed E-state index contributed by atoms with van der Waals surface area (Å²) in [5.74, 6) is -0.139. The van der Waals surface area contributed by atoms with Crippen LogP contribution in [-0.4, -0.2) is 36.1 Å². The molecule has 15 heavy (non-hydrogen) atoms. The van der Waals surface area contributed by atoms with Crippen LogP contribution in [0.1, 0.15) is 32.1 Å². The number of aliphatic hydroxyl groups is 1. The van der Waals surface area contributed by atoms with Gasteiger partial charge in [-0.1, -0.05) is 0 Å². The molecule has 0 radical (unpaired) electrons. The lowest BCUT2D eigenvalue weighted by Crippen LogP contribution is -2.41. The first-order valence-corrected chi connectivity index (χ1v) is 5.42. The van der Waals surface area contributed by atoms with Gasteiger partial charge in [-0.15, -0.1) is 0 Å². The molecule has 1 saturated heterocycles. The van der Waals surface area contributed by atoms with Crippen LogP contribution in [0, 0.1) is 0 Å². The van der Waals surface area contributed by atoms with E-state index in [2.05, 4.69) is 10.6 Å². The number of amides is 2. The smallest absolute Gasteiger partial charge is 0.242 e. The summed E-state index contributed by atoms with van der Waals surface area (Å²) in [5.41, 5.74) is 0. The second-order valence-corrected chi connectivity index (χ2v) is 3.73. The van der Waals surface area contributed by atoms with Crippen LogP contribution >= 0.6 is 0 Å². The van der Waals surface area contributed by atoms with Crippen molar-refractivity contribution in [2.45, 2.75) is 38.1 Å². The first-order chi connectivity index (χ1) is 7.24. The summed E-state index contributed by atoms with van der Waals surface area (Å²) in [6, 6.07) is -0.338. The fourth-order valence-electron chi connectivity index (χ4n) is 1.56. The lowest BCUT2D eigenvalue weighted by atomic mass is 10.2. The van der Waals surface area contributed by atoms with E-state index >= 15 is 0 Å². The molecule has 1 aliphatic heterocycles. The van der Waals surface area contributed by atoms with Crippen LogP contribution in [0.25, 0.3) is 0 Å². The molecule has 0 spiro atoms. The summed E-state index contributed by atoms with van der Waals surface area (Å²) in [6.45, 7) is 0.817. The van der Waals surface area contributed by atoms with Crippen molar-refractivity contribution >= 4 is 11.8 Å². The van der Waals surface area contributed by atoms with E-state index in [-0.39, 0.29) is 24.5 Å². The average Bonchev–Trinajstić information content (AvgIpc) is 2.64. The number of rotatable bonds is 6. The topological polar surface area (TPSA) is 78.4 Å². The second kappa shape index (κ2) is 6.40. The zero-order chi connectivity index (χ0) is 11.1. The van der Waals surface area contributed by atoms with Crippen LogP contribution < -0.4 is 10.6 Å². The highest BCUT2D eigenvalue weighted by Gasteiger charge is 2.26. The van der Waals surface area contributed by atoms with Crippen LogP contribution in [0.15, 0.2) is 0 Å². The van der Waals surface area contributed by atoms with Crippen molar-refractivity contribution in [3.05, 3.63) is 0 Å². The Morgan fingerprint density at radius 3 is 2.87 bits per heavy atom. The van der Waals surface area contributed by atoms with Crippen molar-refractivity contribution in [2.24, 2.45) is 0 Å². The molecule has 0 unspecified atom stereocenters. The van der Waals surface area contributed by atoms with Gasteiger partial charge in [-0.3, -0.25) is 9.59 Å². The van der Waals surface area contributed by atoms with Gasteiger partial charge >= 0.3 is 0 Å². The molecule has 3 N–H and O–H groups in total.